The van der Waals surface area contributed by atoms with Gasteiger partial charge < -0.3 is 10.5 Å². The summed E-state index contributed by atoms with van der Waals surface area (Å²) in [5.41, 5.74) is 5.85. The molecule has 0 spiro atoms. The summed E-state index contributed by atoms with van der Waals surface area (Å²) in [6.07, 6.45) is -9.49. The highest BCUT2D eigenvalue weighted by Crippen LogP contribution is 2.44. The molecule has 0 aliphatic heterocycles. The number of ether oxygens (including phenoxy) is 1. The minimum atomic E-state index is -3.00. The van der Waals surface area contributed by atoms with Gasteiger partial charge in [-0.1, -0.05) is 0 Å². The van der Waals surface area contributed by atoms with Crippen molar-refractivity contribution in [2.45, 2.75) is 38.5 Å². The first-order valence-electron chi connectivity index (χ1n) is 8.75. The highest BCUT2D eigenvalue weighted by Gasteiger charge is 2.45. The van der Waals surface area contributed by atoms with E-state index in [4.69, 9.17) is 21.4 Å². The molecule has 3 saturated carbocycles. The molecule has 80 valence electrons. The number of nitrogens with two attached hydrogens (primary N) is 1. The van der Waals surface area contributed by atoms with Crippen LogP contribution in [0.1, 0.15) is 43.4 Å². The van der Waals surface area contributed by atoms with Gasteiger partial charge in [0, 0.05) is 17.0 Å². The molecule has 0 radical (unpaired) electrons. The van der Waals surface area contributed by atoms with Gasteiger partial charge in [0.15, 0.2) is 0 Å². The Kier molecular flexibility index (Phi) is 1.15. The van der Waals surface area contributed by atoms with E-state index in [1.54, 1.807) is 0 Å². The van der Waals surface area contributed by atoms with Crippen LogP contribution in [-0.2, 0) is 9.53 Å². The fourth-order valence-corrected chi connectivity index (χ4v) is 1.66. The third-order valence-corrected chi connectivity index (χ3v) is 2.39. The van der Waals surface area contributed by atoms with Crippen molar-refractivity contribution in [3.63, 3.8) is 0 Å². The fourth-order valence-electron chi connectivity index (χ4n) is 1.66. The molecule has 3 nitrogen and oxygen atoms in total. The number of carbonyl (C=O) groups excluding carboxylic acids is 1. The van der Waals surface area contributed by atoms with Gasteiger partial charge in [-0.3, -0.25) is 4.79 Å². The Morgan fingerprint density at radius 3 is 2.93 bits per heavy atom. The van der Waals surface area contributed by atoms with Crippen molar-refractivity contribution in [3.8, 4) is 0 Å². The zero-order valence-corrected chi connectivity index (χ0v) is 7.91. The van der Waals surface area contributed by atoms with Crippen LogP contribution < -0.4 is 5.73 Å². The maximum absolute atomic E-state index is 12.2. The van der Waals surface area contributed by atoms with Crippen molar-refractivity contribution < 1.29 is 20.5 Å². The van der Waals surface area contributed by atoms with Crippen LogP contribution in [0.2, 0.25) is 0 Å². The van der Waals surface area contributed by atoms with Gasteiger partial charge in [-0.05, 0) is 44.3 Å². The van der Waals surface area contributed by atoms with E-state index in [1.165, 1.54) is 6.92 Å². The van der Waals surface area contributed by atoms with Crippen LogP contribution in [0.15, 0.2) is 0 Å². The topological polar surface area (TPSA) is 52.3 Å². The quantitative estimate of drug-likeness (QED) is 0.692. The van der Waals surface area contributed by atoms with Gasteiger partial charge in [0.25, 0.3) is 0 Å². The van der Waals surface area contributed by atoms with Crippen LogP contribution in [0.3, 0.4) is 0 Å². The zero-order chi connectivity index (χ0) is 17.3. The summed E-state index contributed by atoms with van der Waals surface area (Å²) in [5.74, 6) is -7.82. The Bertz CT molecular complexity index is 502. The number of fused-ring (bicyclic) bond motifs is 3. The summed E-state index contributed by atoms with van der Waals surface area (Å²) in [5, 5.41) is 0. The molecule has 0 heterocycles. The Morgan fingerprint density at radius 2 is 2.21 bits per heavy atom. The van der Waals surface area contributed by atoms with Crippen LogP contribution in [0.4, 0.5) is 0 Å². The van der Waals surface area contributed by atoms with Crippen LogP contribution in [-0.4, -0.2) is 18.6 Å². The third-order valence-electron chi connectivity index (χ3n) is 2.39. The Labute approximate surface area is 96.2 Å². The second kappa shape index (κ2) is 3.89. The number of hydrogen-bond acceptors (Lipinski definition) is 3. The van der Waals surface area contributed by atoms with E-state index in [2.05, 4.69) is 0 Å². The largest absolute Gasteiger partial charge is 0.466 e. The molecule has 6 atom stereocenters. The molecule has 3 aliphatic carbocycles. The maximum Gasteiger partial charge on any atom is 0.310 e. The van der Waals surface area contributed by atoms with Crippen LogP contribution in [0, 0.1) is 17.7 Å². The van der Waals surface area contributed by atoms with Crippen molar-refractivity contribution in [3.05, 3.63) is 0 Å². The third kappa shape index (κ3) is 1.54. The lowest BCUT2D eigenvalue weighted by Crippen LogP contribution is -2.52. The van der Waals surface area contributed by atoms with Gasteiger partial charge in [0.2, 0.25) is 0 Å². The molecule has 0 aromatic rings. The number of esters is 1. The Hall–Kier alpha value is -0.570. The van der Waals surface area contributed by atoms with Crippen LogP contribution in [0.5, 0.6) is 0 Å². The van der Waals surface area contributed by atoms with Crippen LogP contribution >= 0.6 is 0 Å². The highest BCUT2D eigenvalue weighted by atomic mass is 16.5. The number of rotatable bonds is 2. The highest BCUT2D eigenvalue weighted by molar-refractivity contribution is 5.74. The van der Waals surface area contributed by atoms with E-state index in [-0.39, 0.29) is 6.61 Å². The summed E-state index contributed by atoms with van der Waals surface area (Å²) in [6, 6.07) is -1.60. The van der Waals surface area contributed by atoms with E-state index >= 15 is 0 Å². The van der Waals surface area contributed by atoms with Gasteiger partial charge in [-0.2, -0.15) is 0 Å². The van der Waals surface area contributed by atoms with E-state index in [0.717, 1.165) is 0 Å². The lowest BCUT2D eigenvalue weighted by molar-refractivity contribution is -0.155. The SMILES string of the molecule is [2H]C1C([2H])C2([2H])[C@H](C(=O)OCC)[C@@H](N)C1([2H])C([2H])([2H])C2([2H])[2H]. The Morgan fingerprint density at radius 1 is 1.57 bits per heavy atom. The van der Waals surface area contributed by atoms with E-state index in [1.807, 2.05) is 0 Å². The molecule has 0 amide bonds. The van der Waals surface area contributed by atoms with E-state index in [9.17, 15) is 4.79 Å². The first-order chi connectivity index (χ1) is 9.83. The molecule has 3 rings (SSSR count). The predicted octanol–water partition coefficient (Wildman–Crippen LogP) is 1.31. The first-order valence-corrected chi connectivity index (χ1v) is 4.60. The maximum atomic E-state index is 12.2. The lowest BCUT2D eigenvalue weighted by atomic mass is 9.62. The van der Waals surface area contributed by atoms with Crippen molar-refractivity contribution in [2.75, 3.05) is 6.61 Å². The molecule has 0 saturated heterocycles. The van der Waals surface area contributed by atoms with Gasteiger partial charge in [0.05, 0.1) is 12.5 Å². The number of hydrogen-bond donors (Lipinski definition) is 1. The average molecular weight is 205 g/mol. The normalized spacial score (nSPS) is 77.6. The molecule has 3 heteroatoms. The molecule has 4 unspecified atom stereocenters. The summed E-state index contributed by atoms with van der Waals surface area (Å²) in [6.45, 7) is 1.46. The molecule has 2 bridgehead atoms. The summed E-state index contributed by atoms with van der Waals surface area (Å²) in [7, 11) is 0. The van der Waals surface area contributed by atoms with Crippen molar-refractivity contribution in [2.24, 2.45) is 23.4 Å². The fraction of sp³-hybridized carbons (Fsp3) is 0.909. The molecular weight excluding hydrogens is 178 g/mol. The molecule has 0 aromatic heterocycles. The van der Waals surface area contributed by atoms with E-state index in [0.29, 0.717) is 0 Å². The summed E-state index contributed by atoms with van der Waals surface area (Å²) in [4.78, 5) is 12.2. The lowest BCUT2D eigenvalue weighted by Gasteiger charge is -2.45. The van der Waals surface area contributed by atoms with Crippen LogP contribution in [0.25, 0.3) is 0 Å². The molecule has 0 aromatic carbocycles. The van der Waals surface area contributed by atoms with Gasteiger partial charge in [-0.25, -0.2) is 0 Å². The average Bonchev–Trinajstić information content (AvgIpc) is 2.41. The zero-order valence-electron chi connectivity index (χ0n) is 15.9. The summed E-state index contributed by atoms with van der Waals surface area (Å²) >= 11 is 0. The first kappa shape index (κ1) is 4.12. The minimum absolute atomic E-state index is 0.0496. The van der Waals surface area contributed by atoms with Gasteiger partial charge in [-0.15, -0.1) is 0 Å². The smallest absolute Gasteiger partial charge is 0.310 e. The molecule has 3 aliphatic rings. The Balaban J connectivity index is 2.72. The molecule has 3 fully saturated rings. The van der Waals surface area contributed by atoms with Gasteiger partial charge in [0.1, 0.15) is 0 Å². The van der Waals surface area contributed by atoms with E-state index < -0.39 is 55.3 Å². The van der Waals surface area contributed by atoms with Crippen molar-refractivity contribution in [1.29, 1.82) is 0 Å². The van der Waals surface area contributed by atoms with Crippen molar-refractivity contribution >= 4 is 5.97 Å². The molecule has 2 N–H and O–H groups in total. The van der Waals surface area contributed by atoms with Gasteiger partial charge >= 0.3 is 5.97 Å². The molecular formula is C11H19NO2. The monoisotopic (exact) mass is 205 g/mol. The predicted molar refractivity (Wildman–Crippen MR) is 53.5 cm³/mol. The molecule has 14 heavy (non-hydrogen) atoms. The standard InChI is InChI=1S/C11H19NO2/c1-2-14-11(13)9-7-3-5-8(6-4-7)10(9)12/h7-10H,2-6,12H2,1H3/t7?,8?,9-,10-/m0/s1/i3D,4D2,5D,6D2,7D,8D/t3?,5?,7?,8?,9-,10-. The summed E-state index contributed by atoms with van der Waals surface area (Å²) < 4.78 is 69.5. The minimum Gasteiger partial charge on any atom is -0.466 e. The second-order valence-corrected chi connectivity index (χ2v) is 3.25. The van der Waals surface area contributed by atoms with Crippen molar-refractivity contribution in [1.82, 2.24) is 0 Å². The second-order valence-electron chi connectivity index (χ2n) is 3.25. The number of carbonyl (C=O) groups is 1.